The number of methoxy groups -OCH3 is 1. The van der Waals surface area contributed by atoms with Crippen LogP contribution in [0.2, 0.25) is 0 Å². The van der Waals surface area contributed by atoms with Crippen LogP contribution in [-0.4, -0.2) is 25.3 Å². The van der Waals surface area contributed by atoms with Gasteiger partial charge in [0.05, 0.1) is 24.3 Å². The first-order valence-corrected chi connectivity index (χ1v) is 6.82. The van der Waals surface area contributed by atoms with E-state index < -0.39 is 6.29 Å². The minimum atomic E-state index is -0.446. The molecular weight excluding hydrogens is 266 g/mol. The predicted molar refractivity (Wildman–Crippen MR) is 81.6 cm³/mol. The summed E-state index contributed by atoms with van der Waals surface area (Å²) in [5, 5.41) is 1.07. The summed E-state index contributed by atoms with van der Waals surface area (Å²) in [6.45, 7) is 4.56. The zero-order valence-electron chi connectivity index (χ0n) is 11.9. The summed E-state index contributed by atoms with van der Waals surface area (Å²) in [5.41, 5.74) is 2.70. The average Bonchev–Trinajstić information content (AvgIpc) is 2.86. The molecule has 4 nitrogen and oxygen atoms in total. The van der Waals surface area contributed by atoms with Crippen molar-refractivity contribution in [2.24, 2.45) is 0 Å². The van der Waals surface area contributed by atoms with E-state index in [4.69, 9.17) is 19.2 Å². The van der Waals surface area contributed by atoms with Gasteiger partial charge in [0.2, 0.25) is 6.29 Å². The van der Waals surface area contributed by atoms with Crippen LogP contribution in [0.15, 0.2) is 49.1 Å². The Bertz CT molecular complexity index is 693. The van der Waals surface area contributed by atoms with Crippen molar-refractivity contribution in [1.82, 2.24) is 4.98 Å². The number of aromatic nitrogens is 1. The van der Waals surface area contributed by atoms with Crippen LogP contribution in [-0.2, 0) is 14.2 Å². The molecule has 1 atom stereocenters. The minimum absolute atomic E-state index is 0.425. The lowest BCUT2D eigenvalue weighted by Gasteiger charge is -2.11. The molecular formula is C17H17NO3. The van der Waals surface area contributed by atoms with Crippen LogP contribution >= 0.6 is 0 Å². The van der Waals surface area contributed by atoms with Crippen molar-refractivity contribution in [3.63, 3.8) is 0 Å². The monoisotopic (exact) mass is 283 g/mol. The van der Waals surface area contributed by atoms with Crippen molar-refractivity contribution in [2.45, 2.75) is 6.29 Å². The van der Waals surface area contributed by atoms with Gasteiger partial charge in [-0.15, -0.1) is 6.58 Å². The molecule has 1 aromatic carbocycles. The largest absolute Gasteiger partial charge is 0.458 e. The highest BCUT2D eigenvalue weighted by Gasteiger charge is 2.30. The number of ether oxygens (including phenoxy) is 3. The third-order valence-corrected chi connectivity index (χ3v) is 3.28. The first-order valence-electron chi connectivity index (χ1n) is 6.82. The van der Waals surface area contributed by atoms with Crippen LogP contribution in [0.4, 0.5) is 0 Å². The highest BCUT2D eigenvalue weighted by molar-refractivity contribution is 5.82. The number of benzene rings is 1. The molecule has 0 N–H and O–H groups in total. The summed E-state index contributed by atoms with van der Waals surface area (Å²) < 4.78 is 16.6. The lowest BCUT2D eigenvalue weighted by atomic mass is 10.1. The Balaban J connectivity index is 2.06. The number of hydrogen-bond donors (Lipinski definition) is 0. The smallest absolute Gasteiger partial charge is 0.229 e. The first-order chi connectivity index (χ1) is 10.3. The number of rotatable bonds is 5. The van der Waals surface area contributed by atoms with Crippen molar-refractivity contribution in [3.05, 3.63) is 60.3 Å². The lowest BCUT2D eigenvalue weighted by Crippen LogP contribution is -2.02. The first kappa shape index (κ1) is 13.8. The number of fused-ring (bicyclic) bond motifs is 2. The van der Waals surface area contributed by atoms with Crippen molar-refractivity contribution in [2.75, 3.05) is 20.3 Å². The Kier molecular flexibility index (Phi) is 3.99. The molecule has 108 valence electrons. The van der Waals surface area contributed by atoms with Crippen molar-refractivity contribution < 1.29 is 14.2 Å². The van der Waals surface area contributed by atoms with Gasteiger partial charge in [-0.05, 0) is 18.2 Å². The summed E-state index contributed by atoms with van der Waals surface area (Å²) in [6.07, 6.45) is 3.13. The second-order valence-electron chi connectivity index (χ2n) is 4.71. The van der Waals surface area contributed by atoms with Gasteiger partial charge in [0.15, 0.2) is 0 Å². The fourth-order valence-electron chi connectivity index (χ4n) is 2.33. The topological polar surface area (TPSA) is 40.6 Å². The Morgan fingerprint density at radius 2 is 2.19 bits per heavy atom. The summed E-state index contributed by atoms with van der Waals surface area (Å²) in [7, 11) is 1.65. The van der Waals surface area contributed by atoms with Crippen LogP contribution in [0.3, 0.4) is 0 Å². The van der Waals surface area contributed by atoms with E-state index >= 15 is 0 Å². The molecule has 0 amide bonds. The Morgan fingerprint density at radius 1 is 1.33 bits per heavy atom. The molecule has 0 spiro atoms. The molecule has 3 rings (SSSR count). The molecule has 0 radical (unpaired) electrons. The minimum Gasteiger partial charge on any atom is -0.458 e. The number of pyridine rings is 1. The van der Waals surface area contributed by atoms with E-state index in [1.807, 2.05) is 30.3 Å². The second kappa shape index (κ2) is 6.08. The third-order valence-electron chi connectivity index (χ3n) is 3.28. The van der Waals surface area contributed by atoms with Gasteiger partial charge in [0, 0.05) is 12.5 Å². The molecule has 4 heteroatoms. The maximum Gasteiger partial charge on any atom is 0.229 e. The van der Waals surface area contributed by atoms with Gasteiger partial charge in [0.25, 0.3) is 0 Å². The van der Waals surface area contributed by atoms with E-state index in [1.165, 1.54) is 0 Å². The normalized spacial score (nSPS) is 18.7. The van der Waals surface area contributed by atoms with Gasteiger partial charge < -0.3 is 14.2 Å². The third kappa shape index (κ3) is 2.68. The lowest BCUT2D eigenvalue weighted by molar-refractivity contribution is -0.0806. The van der Waals surface area contributed by atoms with Gasteiger partial charge >= 0.3 is 0 Å². The van der Waals surface area contributed by atoms with Gasteiger partial charge in [-0.25, -0.2) is 4.98 Å². The number of nitrogens with zero attached hydrogens (tertiary/aromatic N) is 1. The summed E-state index contributed by atoms with van der Waals surface area (Å²) in [5.74, 6) is 0.701. The van der Waals surface area contributed by atoms with E-state index in [1.54, 1.807) is 13.2 Å². The molecule has 1 aromatic heterocycles. The molecule has 2 aromatic rings. The number of para-hydroxylation sites is 1. The molecule has 0 bridgehead atoms. The van der Waals surface area contributed by atoms with Crippen LogP contribution in [0.25, 0.3) is 16.7 Å². The molecule has 2 heterocycles. The summed E-state index contributed by atoms with van der Waals surface area (Å²) in [6, 6.07) is 10.1. The van der Waals surface area contributed by atoms with Gasteiger partial charge in [-0.1, -0.05) is 24.3 Å². The second-order valence-corrected chi connectivity index (χ2v) is 4.71. The van der Waals surface area contributed by atoms with Gasteiger partial charge in [-0.2, -0.15) is 0 Å². The van der Waals surface area contributed by atoms with E-state index in [0.717, 1.165) is 22.2 Å². The van der Waals surface area contributed by atoms with Gasteiger partial charge in [-0.3, -0.25) is 0 Å². The zero-order valence-corrected chi connectivity index (χ0v) is 11.9. The van der Waals surface area contributed by atoms with Crippen molar-refractivity contribution in [3.8, 4) is 0 Å². The standard InChI is InChI=1S/C17H17NO3/c1-3-9-20-17-13-11-12-6-4-5-7-14(12)18-16(13)15(21-17)8-10-19-2/h3-8,11,17H,1,9-10H2,2H3/b15-8-. The molecule has 1 unspecified atom stereocenters. The zero-order chi connectivity index (χ0) is 14.7. The summed E-state index contributed by atoms with van der Waals surface area (Å²) >= 11 is 0. The Labute approximate surface area is 123 Å². The van der Waals surface area contributed by atoms with E-state index in [2.05, 4.69) is 12.6 Å². The summed E-state index contributed by atoms with van der Waals surface area (Å²) in [4.78, 5) is 4.69. The van der Waals surface area contributed by atoms with E-state index in [-0.39, 0.29) is 0 Å². The highest BCUT2D eigenvalue weighted by Crippen LogP contribution is 2.39. The van der Waals surface area contributed by atoms with E-state index in [9.17, 15) is 0 Å². The van der Waals surface area contributed by atoms with Crippen LogP contribution in [0.5, 0.6) is 0 Å². The molecule has 0 aliphatic carbocycles. The molecule has 0 saturated carbocycles. The van der Waals surface area contributed by atoms with Crippen LogP contribution in [0.1, 0.15) is 17.5 Å². The quantitative estimate of drug-likeness (QED) is 0.788. The van der Waals surface area contributed by atoms with Crippen LogP contribution < -0.4 is 0 Å². The molecule has 0 fully saturated rings. The SMILES string of the molecule is C=CCOC1O/C(=C\COC)c2nc3ccccc3cc21. The molecule has 1 aliphatic rings. The molecule has 1 aliphatic heterocycles. The fraction of sp³-hybridized carbons (Fsp3) is 0.235. The Morgan fingerprint density at radius 3 is 3.00 bits per heavy atom. The maximum atomic E-state index is 5.86. The maximum absolute atomic E-state index is 5.86. The predicted octanol–water partition coefficient (Wildman–Crippen LogP) is 3.45. The van der Waals surface area contributed by atoms with E-state index in [0.29, 0.717) is 19.0 Å². The average molecular weight is 283 g/mol. The van der Waals surface area contributed by atoms with Crippen LogP contribution in [0, 0.1) is 0 Å². The molecule has 21 heavy (non-hydrogen) atoms. The Hall–Kier alpha value is -2.17. The fourth-order valence-corrected chi connectivity index (χ4v) is 2.33. The van der Waals surface area contributed by atoms with Crippen molar-refractivity contribution >= 4 is 16.7 Å². The highest BCUT2D eigenvalue weighted by atomic mass is 16.7. The van der Waals surface area contributed by atoms with Crippen molar-refractivity contribution in [1.29, 1.82) is 0 Å². The molecule has 0 saturated heterocycles. The number of hydrogen-bond acceptors (Lipinski definition) is 4. The van der Waals surface area contributed by atoms with Gasteiger partial charge in [0.1, 0.15) is 11.5 Å².